The average Bonchev–Trinajstić information content (AvgIpc) is 3.34. The maximum atomic E-state index is 10.6. The third-order valence-electron chi connectivity index (χ3n) is 5.01. The van der Waals surface area contributed by atoms with Crippen molar-refractivity contribution in [1.29, 1.82) is 0 Å². The lowest BCUT2D eigenvalue weighted by molar-refractivity contribution is 0.172. The minimum absolute atomic E-state index is 0.202. The second-order valence-corrected chi connectivity index (χ2v) is 6.92. The van der Waals surface area contributed by atoms with Gasteiger partial charge in [0.1, 0.15) is 11.6 Å². The van der Waals surface area contributed by atoms with Crippen molar-refractivity contribution in [2.24, 2.45) is 0 Å². The van der Waals surface area contributed by atoms with Gasteiger partial charge in [-0.15, -0.1) is 0 Å². The quantitative estimate of drug-likeness (QED) is 0.492. The lowest BCUT2D eigenvalue weighted by atomic mass is 10.1. The first-order valence-corrected chi connectivity index (χ1v) is 9.17. The average molecular weight is 376 g/mol. The van der Waals surface area contributed by atoms with Crippen LogP contribution in [0.25, 0.3) is 11.2 Å². The predicted molar refractivity (Wildman–Crippen MR) is 104 cm³/mol. The van der Waals surface area contributed by atoms with Crippen molar-refractivity contribution in [3.63, 3.8) is 0 Å². The van der Waals surface area contributed by atoms with Crippen LogP contribution in [0.15, 0.2) is 42.7 Å². The Balaban J connectivity index is 1.40. The Morgan fingerprint density at radius 2 is 2.04 bits per heavy atom. The molecule has 0 spiro atoms. The molecule has 0 radical (unpaired) electrons. The number of benzene rings is 1. The SMILES string of the molecule is Nc1nc(N2CCn3nc(C(O)Cc4ccccc4)cc3C2)c2[nH]cnc2n1. The highest BCUT2D eigenvalue weighted by Gasteiger charge is 2.24. The first-order valence-electron chi connectivity index (χ1n) is 9.17. The number of aliphatic hydroxyl groups is 1. The number of aromatic amines is 1. The fraction of sp³-hybridized carbons (Fsp3) is 0.263. The van der Waals surface area contributed by atoms with E-state index in [1.54, 1.807) is 6.33 Å². The van der Waals surface area contributed by atoms with Crippen LogP contribution >= 0.6 is 0 Å². The lowest BCUT2D eigenvalue weighted by Gasteiger charge is -2.28. The molecule has 1 unspecified atom stereocenters. The number of aliphatic hydroxyl groups excluding tert-OH is 1. The van der Waals surface area contributed by atoms with Crippen molar-refractivity contribution in [3.8, 4) is 0 Å². The Morgan fingerprint density at radius 1 is 1.18 bits per heavy atom. The van der Waals surface area contributed by atoms with Crippen molar-refractivity contribution < 1.29 is 5.11 Å². The summed E-state index contributed by atoms with van der Waals surface area (Å²) in [6, 6.07) is 11.9. The van der Waals surface area contributed by atoms with Crippen molar-refractivity contribution in [2.45, 2.75) is 25.6 Å². The van der Waals surface area contributed by atoms with Crippen LogP contribution in [0.2, 0.25) is 0 Å². The summed E-state index contributed by atoms with van der Waals surface area (Å²) in [5, 5.41) is 15.2. The summed E-state index contributed by atoms with van der Waals surface area (Å²) in [6.45, 7) is 2.05. The number of aromatic nitrogens is 6. The number of hydrogen-bond donors (Lipinski definition) is 3. The third-order valence-corrected chi connectivity index (χ3v) is 5.01. The molecular formula is C19H20N8O. The van der Waals surface area contributed by atoms with E-state index in [2.05, 4.69) is 29.9 Å². The van der Waals surface area contributed by atoms with Gasteiger partial charge in [0.05, 0.1) is 30.8 Å². The number of fused-ring (bicyclic) bond motifs is 2. The zero-order valence-electron chi connectivity index (χ0n) is 15.2. The maximum absolute atomic E-state index is 10.6. The molecule has 142 valence electrons. The summed E-state index contributed by atoms with van der Waals surface area (Å²) in [7, 11) is 0. The molecule has 3 aromatic heterocycles. The van der Waals surface area contributed by atoms with E-state index in [-0.39, 0.29) is 5.95 Å². The fourth-order valence-electron chi connectivity index (χ4n) is 3.64. The molecule has 4 N–H and O–H groups in total. The first-order chi connectivity index (χ1) is 13.7. The molecule has 0 saturated carbocycles. The van der Waals surface area contributed by atoms with Gasteiger partial charge in [-0.05, 0) is 11.6 Å². The van der Waals surface area contributed by atoms with Crippen LogP contribution in [0.5, 0.6) is 0 Å². The smallest absolute Gasteiger partial charge is 0.224 e. The van der Waals surface area contributed by atoms with Gasteiger partial charge < -0.3 is 20.7 Å². The van der Waals surface area contributed by atoms with Gasteiger partial charge >= 0.3 is 0 Å². The molecule has 0 aliphatic carbocycles. The van der Waals surface area contributed by atoms with Crippen molar-refractivity contribution in [2.75, 3.05) is 17.2 Å². The van der Waals surface area contributed by atoms with Gasteiger partial charge in [0, 0.05) is 13.0 Å². The van der Waals surface area contributed by atoms with Gasteiger partial charge in [0.25, 0.3) is 0 Å². The van der Waals surface area contributed by atoms with E-state index in [0.29, 0.717) is 30.9 Å². The number of H-pyrrole nitrogens is 1. The number of anilines is 2. The zero-order valence-corrected chi connectivity index (χ0v) is 15.2. The molecular weight excluding hydrogens is 356 g/mol. The summed E-state index contributed by atoms with van der Waals surface area (Å²) in [5.41, 5.74) is 9.97. The summed E-state index contributed by atoms with van der Waals surface area (Å²) < 4.78 is 1.95. The van der Waals surface area contributed by atoms with Gasteiger partial charge in [-0.25, -0.2) is 4.98 Å². The molecule has 5 rings (SSSR count). The van der Waals surface area contributed by atoms with Crippen molar-refractivity contribution >= 4 is 22.9 Å². The highest BCUT2D eigenvalue weighted by Crippen LogP contribution is 2.27. The second-order valence-electron chi connectivity index (χ2n) is 6.92. The Hall–Kier alpha value is -3.46. The highest BCUT2D eigenvalue weighted by atomic mass is 16.3. The standard InChI is InChI=1S/C19H20N8O/c20-19-23-17-16(21-11-22-17)18(24-19)26-6-7-27-13(10-26)9-14(25-27)15(28)8-12-4-2-1-3-5-12/h1-5,9,11,15,28H,6-8,10H2,(H3,20,21,22,23,24). The highest BCUT2D eigenvalue weighted by molar-refractivity contribution is 5.84. The first kappa shape index (κ1) is 16.7. The zero-order chi connectivity index (χ0) is 19.1. The molecule has 0 saturated heterocycles. The number of nitrogens with one attached hydrogen (secondary N) is 1. The van der Waals surface area contributed by atoms with Gasteiger partial charge in [-0.2, -0.15) is 15.1 Å². The molecule has 1 aliphatic rings. The van der Waals surface area contributed by atoms with E-state index in [1.807, 2.05) is 41.1 Å². The van der Waals surface area contributed by atoms with Crippen molar-refractivity contribution in [1.82, 2.24) is 29.7 Å². The maximum Gasteiger partial charge on any atom is 0.224 e. The summed E-state index contributed by atoms with van der Waals surface area (Å²) >= 11 is 0. The van der Waals surface area contributed by atoms with Crippen LogP contribution < -0.4 is 10.6 Å². The van der Waals surface area contributed by atoms with Crippen LogP contribution in [-0.4, -0.2) is 41.4 Å². The van der Waals surface area contributed by atoms with Crippen LogP contribution in [0.3, 0.4) is 0 Å². The molecule has 0 amide bonds. The van der Waals surface area contributed by atoms with Crippen LogP contribution in [0.4, 0.5) is 11.8 Å². The van der Waals surface area contributed by atoms with E-state index in [0.717, 1.165) is 29.1 Å². The summed E-state index contributed by atoms with van der Waals surface area (Å²) in [6.07, 6.45) is 1.50. The molecule has 0 bridgehead atoms. The molecule has 4 heterocycles. The van der Waals surface area contributed by atoms with Crippen LogP contribution in [0, 0.1) is 0 Å². The summed E-state index contributed by atoms with van der Waals surface area (Å²) in [4.78, 5) is 18.0. The number of hydrogen-bond acceptors (Lipinski definition) is 7. The third kappa shape index (κ3) is 2.95. The Morgan fingerprint density at radius 3 is 2.89 bits per heavy atom. The molecule has 0 fully saturated rings. The van der Waals surface area contributed by atoms with Gasteiger partial charge in [-0.3, -0.25) is 4.68 Å². The molecule has 4 aromatic rings. The van der Waals surface area contributed by atoms with E-state index in [1.165, 1.54) is 0 Å². The number of nitrogens with zero attached hydrogens (tertiary/aromatic N) is 6. The van der Waals surface area contributed by atoms with E-state index in [9.17, 15) is 5.11 Å². The van der Waals surface area contributed by atoms with E-state index < -0.39 is 6.10 Å². The van der Waals surface area contributed by atoms with Gasteiger partial charge in [0.15, 0.2) is 11.5 Å². The minimum atomic E-state index is -0.636. The largest absolute Gasteiger partial charge is 0.386 e. The Labute approximate surface area is 160 Å². The Kier molecular flexibility index (Phi) is 3.94. The van der Waals surface area contributed by atoms with Crippen LogP contribution in [-0.2, 0) is 19.5 Å². The molecule has 9 nitrogen and oxygen atoms in total. The molecule has 1 aromatic carbocycles. The molecule has 9 heteroatoms. The van der Waals surface area contributed by atoms with Gasteiger partial charge in [-0.1, -0.05) is 30.3 Å². The number of imidazole rings is 1. The fourth-order valence-corrected chi connectivity index (χ4v) is 3.64. The number of rotatable bonds is 4. The predicted octanol–water partition coefficient (Wildman–Crippen LogP) is 1.43. The van der Waals surface area contributed by atoms with Crippen LogP contribution in [0.1, 0.15) is 23.1 Å². The normalized spacial score (nSPS) is 15.0. The second kappa shape index (κ2) is 6.61. The topological polar surface area (TPSA) is 122 Å². The number of nitrogens with two attached hydrogens (primary N) is 1. The monoisotopic (exact) mass is 376 g/mol. The van der Waals surface area contributed by atoms with E-state index >= 15 is 0 Å². The number of nitrogen functional groups attached to an aromatic ring is 1. The van der Waals surface area contributed by atoms with Crippen molar-refractivity contribution in [3.05, 3.63) is 59.7 Å². The minimum Gasteiger partial charge on any atom is -0.386 e. The summed E-state index contributed by atoms with van der Waals surface area (Å²) in [5.74, 6) is 0.937. The molecule has 1 aliphatic heterocycles. The molecule has 1 atom stereocenters. The lowest BCUT2D eigenvalue weighted by Crippen LogP contribution is -2.34. The Bertz CT molecular complexity index is 1120. The van der Waals surface area contributed by atoms with E-state index in [4.69, 9.17) is 5.73 Å². The molecule has 28 heavy (non-hydrogen) atoms. The van der Waals surface area contributed by atoms with Gasteiger partial charge in [0.2, 0.25) is 5.95 Å².